The molecule has 0 amide bonds. The lowest BCUT2D eigenvalue weighted by Crippen LogP contribution is -2.10. The van der Waals surface area contributed by atoms with Crippen LogP contribution in [0.4, 0.5) is 5.95 Å². The fraction of sp³-hybridized carbons (Fsp3) is 0.118. The quantitative estimate of drug-likeness (QED) is 0.559. The molecular weight excluding hydrogens is 352 g/mol. The van der Waals surface area contributed by atoms with Gasteiger partial charge < -0.3 is 10.4 Å². The average Bonchev–Trinajstić information content (AvgIpc) is 3.24. The second kappa shape index (κ2) is 6.52. The number of carboxylic acids is 1. The normalized spacial score (nSPS) is 12.2. The minimum atomic E-state index is -1.01. The van der Waals surface area contributed by atoms with Crippen molar-refractivity contribution in [3.05, 3.63) is 59.6 Å². The lowest BCUT2D eigenvalue weighted by molar-refractivity contribution is 0.0697. The van der Waals surface area contributed by atoms with Crippen LogP contribution in [0.2, 0.25) is 0 Å². The Bertz CT molecular complexity index is 1060. The molecule has 0 unspecified atom stereocenters. The van der Waals surface area contributed by atoms with Crippen LogP contribution in [0, 0.1) is 0 Å². The van der Waals surface area contributed by atoms with E-state index in [9.17, 15) is 4.79 Å². The standard InChI is InChI=1S/C17H14N6O2S/c1-10(14-9-23-6-7-26-17(23)22-14)20-16-19-5-3-12(21-16)13-8-11(15(24)25)2-4-18-13/h2-10H,1H3,(H,24,25)(H,19,20,21)/t10-/m0/s1. The molecule has 0 radical (unpaired) electrons. The number of thiazole rings is 1. The maximum Gasteiger partial charge on any atom is 0.335 e. The molecule has 1 atom stereocenters. The van der Waals surface area contributed by atoms with Gasteiger partial charge in [-0.3, -0.25) is 9.38 Å². The van der Waals surface area contributed by atoms with Gasteiger partial charge in [0.2, 0.25) is 5.95 Å². The zero-order chi connectivity index (χ0) is 18.1. The van der Waals surface area contributed by atoms with Gasteiger partial charge in [-0.2, -0.15) is 0 Å². The van der Waals surface area contributed by atoms with Gasteiger partial charge in [-0.05, 0) is 25.1 Å². The van der Waals surface area contributed by atoms with Gasteiger partial charge in [-0.15, -0.1) is 11.3 Å². The van der Waals surface area contributed by atoms with Crippen molar-refractivity contribution in [2.45, 2.75) is 13.0 Å². The van der Waals surface area contributed by atoms with Crippen molar-refractivity contribution in [1.82, 2.24) is 24.3 Å². The number of hydrogen-bond donors (Lipinski definition) is 2. The van der Waals surface area contributed by atoms with E-state index >= 15 is 0 Å². The number of imidazole rings is 1. The minimum Gasteiger partial charge on any atom is -0.478 e. The van der Waals surface area contributed by atoms with Crippen molar-refractivity contribution >= 4 is 28.2 Å². The summed E-state index contributed by atoms with van der Waals surface area (Å²) in [6.45, 7) is 1.98. The summed E-state index contributed by atoms with van der Waals surface area (Å²) in [5, 5.41) is 14.3. The van der Waals surface area contributed by atoms with Crippen LogP contribution < -0.4 is 5.32 Å². The van der Waals surface area contributed by atoms with Crippen molar-refractivity contribution in [3.8, 4) is 11.4 Å². The second-order valence-corrected chi connectivity index (χ2v) is 6.50. The number of hydrogen-bond acceptors (Lipinski definition) is 7. The maximum atomic E-state index is 11.1. The topological polar surface area (TPSA) is 105 Å². The van der Waals surface area contributed by atoms with Gasteiger partial charge in [0.15, 0.2) is 4.96 Å². The van der Waals surface area contributed by atoms with Crippen LogP contribution in [0.15, 0.2) is 48.4 Å². The van der Waals surface area contributed by atoms with E-state index in [0.717, 1.165) is 10.7 Å². The summed E-state index contributed by atoms with van der Waals surface area (Å²) in [5.41, 5.74) is 2.07. The first-order chi connectivity index (χ1) is 12.6. The Kier molecular flexibility index (Phi) is 4.05. The van der Waals surface area contributed by atoms with Gasteiger partial charge in [-0.25, -0.2) is 19.7 Å². The molecule has 4 rings (SSSR count). The first kappa shape index (κ1) is 16.2. The van der Waals surface area contributed by atoms with Gasteiger partial charge in [0.25, 0.3) is 0 Å². The fourth-order valence-corrected chi connectivity index (χ4v) is 3.20. The molecule has 4 aromatic rings. The van der Waals surface area contributed by atoms with Crippen molar-refractivity contribution in [1.29, 1.82) is 0 Å². The second-order valence-electron chi connectivity index (χ2n) is 5.63. The highest BCUT2D eigenvalue weighted by Gasteiger charge is 2.13. The van der Waals surface area contributed by atoms with Gasteiger partial charge in [0, 0.05) is 30.2 Å². The number of pyridine rings is 1. The molecule has 0 spiro atoms. The Balaban J connectivity index is 1.58. The third-order valence-corrected chi connectivity index (χ3v) is 4.60. The first-order valence-corrected chi connectivity index (χ1v) is 8.69. The van der Waals surface area contributed by atoms with Crippen LogP contribution in [0.3, 0.4) is 0 Å². The number of rotatable bonds is 5. The number of anilines is 1. The van der Waals surface area contributed by atoms with Gasteiger partial charge in [0.1, 0.15) is 0 Å². The van der Waals surface area contributed by atoms with Crippen LogP contribution >= 0.6 is 11.3 Å². The Morgan fingerprint density at radius 2 is 2.08 bits per heavy atom. The van der Waals surface area contributed by atoms with E-state index in [-0.39, 0.29) is 11.6 Å². The highest BCUT2D eigenvalue weighted by Crippen LogP contribution is 2.21. The van der Waals surface area contributed by atoms with Crippen LogP contribution in [0.25, 0.3) is 16.3 Å². The predicted molar refractivity (Wildman–Crippen MR) is 97.3 cm³/mol. The van der Waals surface area contributed by atoms with Crippen LogP contribution in [-0.2, 0) is 0 Å². The summed E-state index contributed by atoms with van der Waals surface area (Å²) in [6.07, 6.45) is 6.99. The largest absolute Gasteiger partial charge is 0.478 e. The first-order valence-electron chi connectivity index (χ1n) is 7.81. The molecule has 2 N–H and O–H groups in total. The summed E-state index contributed by atoms with van der Waals surface area (Å²) < 4.78 is 1.97. The lowest BCUT2D eigenvalue weighted by atomic mass is 10.2. The van der Waals surface area contributed by atoms with Gasteiger partial charge in [0.05, 0.1) is 28.7 Å². The molecule has 8 nitrogen and oxygen atoms in total. The van der Waals surface area contributed by atoms with E-state index in [1.54, 1.807) is 23.6 Å². The predicted octanol–water partition coefficient (Wildman–Crippen LogP) is 3.12. The van der Waals surface area contributed by atoms with Crippen LogP contribution in [0.5, 0.6) is 0 Å². The van der Waals surface area contributed by atoms with Gasteiger partial charge >= 0.3 is 5.97 Å². The molecule has 4 heterocycles. The molecule has 130 valence electrons. The van der Waals surface area contributed by atoms with Gasteiger partial charge in [-0.1, -0.05) is 0 Å². The molecule has 26 heavy (non-hydrogen) atoms. The average molecular weight is 366 g/mol. The highest BCUT2D eigenvalue weighted by atomic mass is 32.1. The smallest absolute Gasteiger partial charge is 0.335 e. The Hall–Kier alpha value is -3.33. The molecule has 0 fully saturated rings. The number of carbonyl (C=O) groups is 1. The van der Waals surface area contributed by atoms with Crippen LogP contribution in [-0.4, -0.2) is 35.4 Å². The number of carboxylic acid groups (broad SMARTS) is 1. The van der Waals surface area contributed by atoms with E-state index < -0.39 is 5.97 Å². The van der Waals surface area contributed by atoms with E-state index in [1.807, 2.05) is 29.1 Å². The monoisotopic (exact) mass is 366 g/mol. The van der Waals surface area contributed by atoms with Crippen LogP contribution in [0.1, 0.15) is 29.0 Å². The molecule has 0 bridgehead atoms. The van der Waals surface area contributed by atoms with E-state index in [4.69, 9.17) is 5.11 Å². The molecule has 0 saturated heterocycles. The maximum absolute atomic E-state index is 11.1. The summed E-state index contributed by atoms with van der Waals surface area (Å²) in [4.78, 5) is 29.5. The number of aromatic carboxylic acids is 1. The van der Waals surface area contributed by atoms with Crippen molar-refractivity contribution in [2.75, 3.05) is 5.32 Å². The lowest BCUT2D eigenvalue weighted by Gasteiger charge is -2.11. The summed E-state index contributed by atoms with van der Waals surface area (Å²) in [6, 6.07) is 4.53. The van der Waals surface area contributed by atoms with Crippen molar-refractivity contribution in [2.24, 2.45) is 0 Å². The molecular formula is C17H14N6O2S. The molecule has 9 heteroatoms. The van der Waals surface area contributed by atoms with Crippen molar-refractivity contribution < 1.29 is 9.90 Å². The minimum absolute atomic E-state index is 0.0873. The van der Waals surface area contributed by atoms with E-state index in [0.29, 0.717) is 17.3 Å². The van der Waals surface area contributed by atoms with E-state index in [2.05, 4.69) is 25.3 Å². The number of nitrogens with one attached hydrogen (secondary N) is 1. The highest BCUT2D eigenvalue weighted by molar-refractivity contribution is 7.15. The molecule has 0 aliphatic carbocycles. The number of fused-ring (bicyclic) bond motifs is 1. The zero-order valence-electron chi connectivity index (χ0n) is 13.7. The molecule has 0 aliphatic heterocycles. The third kappa shape index (κ3) is 3.11. The molecule has 4 aromatic heterocycles. The Morgan fingerprint density at radius 3 is 2.88 bits per heavy atom. The number of nitrogens with zero attached hydrogens (tertiary/aromatic N) is 5. The molecule has 0 aromatic carbocycles. The van der Waals surface area contributed by atoms with Crippen molar-refractivity contribution in [3.63, 3.8) is 0 Å². The Labute approximate surface area is 152 Å². The summed E-state index contributed by atoms with van der Waals surface area (Å²) in [5.74, 6) is -0.580. The molecule has 0 saturated carbocycles. The summed E-state index contributed by atoms with van der Waals surface area (Å²) in [7, 11) is 0. The zero-order valence-corrected chi connectivity index (χ0v) is 14.5. The SMILES string of the molecule is C[C@H](Nc1nccc(-c2cc(C(=O)O)ccn2)n1)c1cn2ccsc2n1. The molecule has 0 aliphatic rings. The fourth-order valence-electron chi connectivity index (χ4n) is 2.50. The number of aromatic nitrogens is 5. The third-order valence-electron chi connectivity index (χ3n) is 3.83. The summed E-state index contributed by atoms with van der Waals surface area (Å²) >= 11 is 1.57. The Morgan fingerprint density at radius 1 is 1.23 bits per heavy atom. The van der Waals surface area contributed by atoms with E-state index in [1.165, 1.54) is 18.3 Å².